The molecule has 0 amide bonds. The van der Waals surface area contributed by atoms with Crippen LogP contribution in [0.1, 0.15) is 33.1 Å². The van der Waals surface area contributed by atoms with Crippen molar-refractivity contribution < 1.29 is 14.7 Å². The van der Waals surface area contributed by atoms with Crippen LogP contribution in [0, 0.1) is 0 Å². The van der Waals surface area contributed by atoms with Crippen molar-refractivity contribution in [2.75, 3.05) is 6.61 Å². The van der Waals surface area contributed by atoms with Gasteiger partial charge in [0.05, 0.1) is 0 Å². The zero-order valence-corrected chi connectivity index (χ0v) is 12.2. The Bertz CT molecular complexity index is 108. The number of carbonyl (C=O) groups is 2. The van der Waals surface area contributed by atoms with Crippen molar-refractivity contribution in [3.63, 3.8) is 0 Å². The zero-order valence-electron chi connectivity index (χ0n) is 7.93. The van der Waals surface area contributed by atoms with E-state index >= 15 is 0 Å². The molecule has 0 spiro atoms. The number of rotatable bonds is 4. The first kappa shape index (κ1) is 19.4. The first-order valence-electron chi connectivity index (χ1n) is 3.93. The van der Waals surface area contributed by atoms with Crippen LogP contribution in [0.2, 0.25) is 0 Å². The molecule has 0 aromatic heterocycles. The quantitative estimate of drug-likeness (QED) is 0.569. The summed E-state index contributed by atoms with van der Waals surface area (Å²) in [4.78, 5) is 19.4. The fourth-order valence-electron chi connectivity index (χ4n) is 0.301. The van der Waals surface area contributed by atoms with E-state index in [9.17, 15) is 9.59 Å². The van der Waals surface area contributed by atoms with E-state index in [1.165, 1.54) is 0 Å². The molecule has 13 heavy (non-hydrogen) atoms. The zero-order chi connectivity index (χ0) is 11.1. The second-order valence-electron chi connectivity index (χ2n) is 1.94. The summed E-state index contributed by atoms with van der Waals surface area (Å²) in [6, 6.07) is 0. The summed E-state index contributed by atoms with van der Waals surface area (Å²) in [5.41, 5.74) is 0. The van der Waals surface area contributed by atoms with Crippen molar-refractivity contribution in [3.05, 3.63) is 0 Å². The summed E-state index contributed by atoms with van der Waals surface area (Å²) in [6.45, 7) is 3.59. The van der Waals surface area contributed by atoms with Crippen molar-refractivity contribution >= 4 is 49.3 Å². The summed E-state index contributed by atoms with van der Waals surface area (Å²) in [5.74, 6) is 0.127. The smallest absolute Gasteiger partial charge is 0.134 e. The SMILES string of the molecule is CCC(=O)CCO.CCC=O.II. The van der Waals surface area contributed by atoms with E-state index in [0.29, 0.717) is 19.3 Å². The molecule has 3 nitrogen and oxygen atoms in total. The van der Waals surface area contributed by atoms with Gasteiger partial charge in [-0.2, -0.15) is 0 Å². The molecule has 1 N–H and O–H groups in total. The van der Waals surface area contributed by atoms with Gasteiger partial charge in [-0.15, -0.1) is 0 Å². The van der Waals surface area contributed by atoms with Crippen LogP contribution in [0.25, 0.3) is 0 Å². The molecule has 0 radical (unpaired) electrons. The molecule has 0 aliphatic carbocycles. The number of hydrogen-bond donors (Lipinski definition) is 1. The van der Waals surface area contributed by atoms with E-state index in [-0.39, 0.29) is 12.4 Å². The molecule has 0 atom stereocenters. The average Bonchev–Trinajstić information content (AvgIpc) is 2.21. The highest BCUT2D eigenvalue weighted by atomic mass is 128. The van der Waals surface area contributed by atoms with E-state index in [1.54, 1.807) is 6.92 Å². The van der Waals surface area contributed by atoms with Crippen molar-refractivity contribution in [1.82, 2.24) is 0 Å². The van der Waals surface area contributed by atoms with Gasteiger partial charge in [0.25, 0.3) is 0 Å². The Kier molecular flexibility index (Phi) is 34.2. The summed E-state index contributed by atoms with van der Waals surface area (Å²) < 4.78 is 0. The van der Waals surface area contributed by atoms with Gasteiger partial charge in [0.2, 0.25) is 0 Å². The Morgan fingerprint density at radius 2 is 1.77 bits per heavy atom. The number of carbonyl (C=O) groups excluding carboxylic acids is 2. The lowest BCUT2D eigenvalue weighted by Crippen LogP contribution is -1.96. The molecule has 0 bridgehead atoms. The van der Waals surface area contributed by atoms with Crippen LogP contribution in [-0.2, 0) is 9.59 Å². The molecule has 0 saturated heterocycles. The molecule has 5 heteroatoms. The number of aliphatic hydroxyl groups excluding tert-OH is 1. The van der Waals surface area contributed by atoms with Crippen molar-refractivity contribution in [2.24, 2.45) is 0 Å². The second kappa shape index (κ2) is 23.0. The lowest BCUT2D eigenvalue weighted by molar-refractivity contribution is -0.119. The molecule has 0 fully saturated rings. The molecule has 0 aliphatic heterocycles. The van der Waals surface area contributed by atoms with E-state index in [2.05, 4.69) is 37.2 Å². The predicted octanol–water partition coefficient (Wildman–Crippen LogP) is 2.71. The predicted molar refractivity (Wildman–Crippen MR) is 71.4 cm³/mol. The maximum Gasteiger partial charge on any atom is 0.134 e. The fourth-order valence-corrected chi connectivity index (χ4v) is 0.301. The fraction of sp³-hybridized carbons (Fsp3) is 0.750. The molecule has 0 saturated carbocycles. The maximum atomic E-state index is 10.3. The number of ketones is 1. The Labute approximate surface area is 103 Å². The number of aldehydes is 1. The van der Waals surface area contributed by atoms with Crippen LogP contribution in [0.4, 0.5) is 0 Å². The minimum atomic E-state index is -0.00727. The highest BCUT2D eigenvalue weighted by Crippen LogP contribution is 1.89. The van der Waals surface area contributed by atoms with Gasteiger partial charge in [-0.05, 0) is 0 Å². The molecule has 0 aromatic carbocycles. The standard InChI is InChI=1S/C5H10O2.C3H6O.I2/c1-2-5(7)3-4-6;1-2-3-4;1-2/h6H,2-4H2,1H3;3H,2H2,1H3;. The summed E-state index contributed by atoms with van der Waals surface area (Å²) >= 11 is 4.24. The Hall–Kier alpha value is 0.760. The van der Waals surface area contributed by atoms with Gasteiger partial charge >= 0.3 is 0 Å². The van der Waals surface area contributed by atoms with Crippen LogP contribution in [0.5, 0.6) is 0 Å². The van der Waals surface area contributed by atoms with E-state index in [4.69, 9.17) is 5.11 Å². The number of Topliss-reactive ketones (excluding diaryl/α,β-unsaturated/α-hetero) is 1. The molecule has 0 heterocycles. The van der Waals surface area contributed by atoms with Gasteiger partial charge in [-0.25, -0.2) is 0 Å². The van der Waals surface area contributed by atoms with E-state index in [0.717, 1.165) is 6.29 Å². The van der Waals surface area contributed by atoms with Crippen LogP contribution >= 0.6 is 37.2 Å². The number of hydrogen-bond acceptors (Lipinski definition) is 3. The largest absolute Gasteiger partial charge is 0.396 e. The molecule has 0 unspecified atom stereocenters. The second-order valence-corrected chi connectivity index (χ2v) is 1.94. The van der Waals surface area contributed by atoms with Gasteiger partial charge in [0, 0.05) is 63.1 Å². The highest BCUT2D eigenvalue weighted by Gasteiger charge is 1.92. The Balaban J connectivity index is -0.000000142. The highest BCUT2D eigenvalue weighted by molar-refractivity contribution is 15.0. The molecular weight excluding hydrogens is 398 g/mol. The summed E-state index contributed by atoms with van der Waals surface area (Å²) in [5, 5.41) is 8.15. The number of aliphatic hydroxyl groups is 1. The van der Waals surface area contributed by atoms with Gasteiger partial charge in [-0.1, -0.05) is 13.8 Å². The lowest BCUT2D eigenvalue weighted by Gasteiger charge is -1.86. The van der Waals surface area contributed by atoms with Crippen molar-refractivity contribution in [1.29, 1.82) is 0 Å². The van der Waals surface area contributed by atoms with Crippen LogP contribution < -0.4 is 0 Å². The first-order valence-corrected chi connectivity index (χ1v) is 10.2. The lowest BCUT2D eigenvalue weighted by atomic mass is 10.2. The average molecular weight is 414 g/mol. The van der Waals surface area contributed by atoms with Gasteiger partial charge in [0.15, 0.2) is 0 Å². The summed E-state index contributed by atoms with van der Waals surface area (Å²) in [7, 11) is 0. The Morgan fingerprint density at radius 1 is 1.38 bits per heavy atom. The molecular formula is C8H16I2O3. The van der Waals surface area contributed by atoms with Crippen LogP contribution in [-0.4, -0.2) is 23.8 Å². The van der Waals surface area contributed by atoms with E-state index in [1.807, 2.05) is 6.92 Å². The minimum absolute atomic E-state index is 0.00727. The summed E-state index contributed by atoms with van der Waals surface area (Å²) in [6.07, 6.45) is 2.37. The maximum absolute atomic E-state index is 10.3. The van der Waals surface area contributed by atoms with Gasteiger partial charge < -0.3 is 9.90 Å². The first-order chi connectivity index (χ1) is 6.22. The monoisotopic (exact) mass is 414 g/mol. The number of halogens is 2. The van der Waals surface area contributed by atoms with Crippen LogP contribution in [0.15, 0.2) is 0 Å². The van der Waals surface area contributed by atoms with Gasteiger partial charge in [-0.3, -0.25) is 4.79 Å². The normalized spacial score (nSPS) is 7.15. The van der Waals surface area contributed by atoms with Crippen molar-refractivity contribution in [3.8, 4) is 0 Å². The molecule has 80 valence electrons. The van der Waals surface area contributed by atoms with Crippen molar-refractivity contribution in [2.45, 2.75) is 33.1 Å². The van der Waals surface area contributed by atoms with Crippen LogP contribution in [0.3, 0.4) is 0 Å². The third kappa shape index (κ3) is 32.3. The molecule has 0 rings (SSSR count). The van der Waals surface area contributed by atoms with Gasteiger partial charge in [0.1, 0.15) is 12.1 Å². The minimum Gasteiger partial charge on any atom is -0.396 e. The molecule has 0 aromatic rings. The Morgan fingerprint density at radius 3 is 1.85 bits per heavy atom. The third-order valence-electron chi connectivity index (χ3n) is 0.952. The van der Waals surface area contributed by atoms with E-state index < -0.39 is 0 Å². The third-order valence-corrected chi connectivity index (χ3v) is 0.952. The molecule has 0 aliphatic rings. The topological polar surface area (TPSA) is 54.4 Å².